The van der Waals surface area contributed by atoms with Gasteiger partial charge in [-0.3, -0.25) is 9.48 Å². The van der Waals surface area contributed by atoms with Crippen molar-refractivity contribution in [3.63, 3.8) is 0 Å². The minimum atomic E-state index is -0.325. The van der Waals surface area contributed by atoms with Gasteiger partial charge in [-0.1, -0.05) is 6.92 Å². The number of piperidine rings is 2. The Bertz CT molecular complexity index is 1610. The second-order valence-electron chi connectivity index (χ2n) is 11.8. The lowest BCUT2D eigenvalue weighted by molar-refractivity contribution is -0.133. The van der Waals surface area contributed by atoms with Crippen LogP contribution in [0.25, 0.3) is 28.0 Å². The maximum atomic E-state index is 13.0. The van der Waals surface area contributed by atoms with E-state index in [9.17, 15) is 10.1 Å². The van der Waals surface area contributed by atoms with Gasteiger partial charge in [0.2, 0.25) is 5.91 Å². The Kier molecular flexibility index (Phi) is 8.99. The third kappa shape index (κ3) is 5.94. The molecular formula is C31H39ClN10O. The third-order valence-corrected chi connectivity index (χ3v) is 8.84. The summed E-state index contributed by atoms with van der Waals surface area (Å²) in [4.78, 5) is 25.0. The zero-order chi connectivity index (χ0) is 29.3. The van der Waals surface area contributed by atoms with Gasteiger partial charge in [-0.2, -0.15) is 15.5 Å². The molecular weight excluding hydrogens is 564 g/mol. The second kappa shape index (κ2) is 12.7. The molecule has 4 aromatic heterocycles. The van der Waals surface area contributed by atoms with Crippen LogP contribution >= 0.6 is 12.4 Å². The first-order chi connectivity index (χ1) is 20.4. The van der Waals surface area contributed by atoms with Crippen LogP contribution in [-0.2, 0) is 4.79 Å². The molecule has 2 aliphatic rings. The molecule has 0 aliphatic carbocycles. The van der Waals surface area contributed by atoms with E-state index in [0.29, 0.717) is 22.8 Å². The Labute approximate surface area is 258 Å². The third-order valence-electron chi connectivity index (χ3n) is 8.84. The molecule has 0 aromatic carbocycles. The molecule has 4 aromatic rings. The Hall–Kier alpha value is -4.01. The number of pyridine rings is 1. The molecule has 1 amide bonds. The van der Waals surface area contributed by atoms with Gasteiger partial charge in [0.1, 0.15) is 23.0 Å². The second-order valence-corrected chi connectivity index (χ2v) is 11.8. The molecule has 0 atom stereocenters. The number of anilines is 1. The van der Waals surface area contributed by atoms with Crippen molar-refractivity contribution in [2.45, 2.75) is 65.0 Å². The summed E-state index contributed by atoms with van der Waals surface area (Å²) in [5.74, 6) is 1.03. The van der Waals surface area contributed by atoms with Gasteiger partial charge in [0.15, 0.2) is 0 Å². The predicted octanol–water partition coefficient (Wildman–Crippen LogP) is 4.39. The van der Waals surface area contributed by atoms with Gasteiger partial charge in [-0.05, 0) is 71.2 Å². The molecule has 43 heavy (non-hydrogen) atoms. The molecule has 12 heteroatoms. The van der Waals surface area contributed by atoms with E-state index in [2.05, 4.69) is 44.9 Å². The summed E-state index contributed by atoms with van der Waals surface area (Å²) < 4.78 is 3.77. The average molecular weight is 603 g/mol. The van der Waals surface area contributed by atoms with Crippen LogP contribution in [0.2, 0.25) is 0 Å². The number of carbonyl (C=O) groups excluding carboxylic acids is 1. The molecule has 0 bridgehead atoms. The van der Waals surface area contributed by atoms with E-state index < -0.39 is 0 Å². The normalized spacial score (nSPS) is 17.0. The van der Waals surface area contributed by atoms with Gasteiger partial charge < -0.3 is 15.5 Å². The monoisotopic (exact) mass is 602 g/mol. The number of nitrogens with one attached hydrogen (secondary N) is 2. The van der Waals surface area contributed by atoms with Crippen LogP contribution in [0.4, 0.5) is 5.82 Å². The number of halogens is 1. The summed E-state index contributed by atoms with van der Waals surface area (Å²) in [5.41, 5.74) is 3.90. The summed E-state index contributed by atoms with van der Waals surface area (Å²) in [7, 11) is 0. The van der Waals surface area contributed by atoms with Crippen molar-refractivity contribution >= 4 is 29.6 Å². The number of hydrogen-bond acceptors (Lipinski definition) is 8. The first kappa shape index (κ1) is 30.4. The summed E-state index contributed by atoms with van der Waals surface area (Å²) in [5, 5.41) is 25.4. The van der Waals surface area contributed by atoms with Crippen LogP contribution in [-0.4, -0.2) is 67.5 Å². The van der Waals surface area contributed by atoms with E-state index in [4.69, 9.17) is 9.97 Å². The maximum absolute atomic E-state index is 13.0. The van der Waals surface area contributed by atoms with E-state index in [1.165, 1.54) is 0 Å². The molecule has 6 rings (SSSR count). The molecule has 2 aliphatic heterocycles. The summed E-state index contributed by atoms with van der Waals surface area (Å²) in [6.45, 7) is 9.64. The first-order valence-electron chi connectivity index (χ1n) is 15.0. The molecule has 0 spiro atoms. The highest BCUT2D eigenvalue weighted by Crippen LogP contribution is 2.37. The molecule has 0 radical (unpaired) electrons. The van der Waals surface area contributed by atoms with Crippen LogP contribution < -0.4 is 15.5 Å². The smallest absolute Gasteiger partial charge is 0.226 e. The molecule has 2 fully saturated rings. The van der Waals surface area contributed by atoms with Crippen LogP contribution in [0, 0.1) is 16.7 Å². The van der Waals surface area contributed by atoms with Gasteiger partial charge in [0.25, 0.3) is 0 Å². The molecule has 2 N–H and O–H groups in total. The van der Waals surface area contributed by atoms with E-state index >= 15 is 0 Å². The van der Waals surface area contributed by atoms with Crippen molar-refractivity contribution in [1.29, 1.82) is 5.26 Å². The fraction of sp³-hybridized carbons (Fsp3) is 0.484. The standard InChI is InChI=1S/C31H38N10O.ClH/c1-4-31(30(42)37-21(2)3)9-13-39(14-10-31)27-6-5-22(16-34-27)28-29-23(15-32)17-36-41(29)20-26(38-28)24-18-35-40(19-24)25-7-11-33-12-8-25;/h5-6,16-21,25,33H,4,7-14H2,1-3H3,(H,37,42);1H. The Morgan fingerprint density at radius 2 is 1.88 bits per heavy atom. The summed E-state index contributed by atoms with van der Waals surface area (Å²) in [6, 6.07) is 6.78. The van der Waals surface area contributed by atoms with Crippen molar-refractivity contribution in [2.24, 2.45) is 5.41 Å². The number of carbonyl (C=O) groups is 1. The van der Waals surface area contributed by atoms with Gasteiger partial charge in [0, 0.05) is 42.7 Å². The fourth-order valence-electron chi connectivity index (χ4n) is 6.21. The van der Waals surface area contributed by atoms with Crippen molar-refractivity contribution in [3.05, 3.63) is 48.7 Å². The van der Waals surface area contributed by atoms with Crippen LogP contribution in [0.3, 0.4) is 0 Å². The van der Waals surface area contributed by atoms with Crippen LogP contribution in [0.5, 0.6) is 0 Å². The van der Waals surface area contributed by atoms with Crippen LogP contribution in [0.15, 0.2) is 43.1 Å². The number of rotatable bonds is 7. The molecule has 226 valence electrons. The molecule has 0 saturated carbocycles. The highest BCUT2D eigenvalue weighted by molar-refractivity contribution is 5.85. The Balaban J connectivity index is 0.00000368. The quantitative estimate of drug-likeness (QED) is 0.319. The Morgan fingerprint density at radius 1 is 1.12 bits per heavy atom. The zero-order valence-corrected chi connectivity index (χ0v) is 25.8. The van der Waals surface area contributed by atoms with Gasteiger partial charge in [-0.15, -0.1) is 12.4 Å². The zero-order valence-electron chi connectivity index (χ0n) is 25.0. The molecule has 6 heterocycles. The lowest BCUT2D eigenvalue weighted by Crippen LogP contribution is -2.50. The van der Waals surface area contributed by atoms with Crippen molar-refractivity contribution in [1.82, 2.24) is 40.0 Å². The SMILES string of the molecule is CCC1(C(=O)NC(C)C)CCN(c2ccc(-c3nc(-c4cnn(C5CCNCC5)c4)cn4ncc(C#N)c34)cn2)CC1.Cl. The van der Waals surface area contributed by atoms with E-state index in [1.807, 2.05) is 49.3 Å². The topological polar surface area (TPSA) is 129 Å². The van der Waals surface area contributed by atoms with Crippen LogP contribution in [0.1, 0.15) is 64.5 Å². The summed E-state index contributed by atoms with van der Waals surface area (Å²) >= 11 is 0. The minimum absolute atomic E-state index is 0. The van der Waals surface area contributed by atoms with Gasteiger partial charge in [0.05, 0.1) is 41.4 Å². The molecule has 11 nitrogen and oxygen atoms in total. The summed E-state index contributed by atoms with van der Waals surface area (Å²) in [6.07, 6.45) is 13.7. The lowest BCUT2D eigenvalue weighted by atomic mass is 9.75. The number of hydrogen-bond donors (Lipinski definition) is 2. The average Bonchev–Trinajstić information content (AvgIpc) is 3.69. The van der Waals surface area contributed by atoms with E-state index in [1.54, 1.807) is 10.7 Å². The predicted molar refractivity (Wildman–Crippen MR) is 168 cm³/mol. The fourth-order valence-corrected chi connectivity index (χ4v) is 6.21. The van der Waals surface area contributed by atoms with Crippen molar-refractivity contribution in [2.75, 3.05) is 31.1 Å². The minimum Gasteiger partial charge on any atom is -0.357 e. The van der Waals surface area contributed by atoms with E-state index in [-0.39, 0.29) is 29.8 Å². The van der Waals surface area contributed by atoms with Gasteiger partial charge in [-0.25, -0.2) is 14.5 Å². The van der Waals surface area contributed by atoms with E-state index in [0.717, 1.165) is 80.9 Å². The molecule has 2 saturated heterocycles. The maximum Gasteiger partial charge on any atom is 0.226 e. The van der Waals surface area contributed by atoms with Gasteiger partial charge >= 0.3 is 0 Å². The van der Waals surface area contributed by atoms with Crippen molar-refractivity contribution in [3.8, 4) is 28.6 Å². The number of nitriles is 1. The Morgan fingerprint density at radius 3 is 2.53 bits per heavy atom. The highest BCUT2D eigenvalue weighted by atomic mass is 35.5. The number of amides is 1. The number of fused-ring (bicyclic) bond motifs is 1. The molecule has 0 unspecified atom stereocenters. The lowest BCUT2D eigenvalue weighted by Gasteiger charge is -2.41. The largest absolute Gasteiger partial charge is 0.357 e. The number of aromatic nitrogens is 6. The first-order valence-corrected chi connectivity index (χ1v) is 15.0. The highest BCUT2D eigenvalue weighted by Gasteiger charge is 2.40. The van der Waals surface area contributed by atoms with Crippen molar-refractivity contribution < 1.29 is 4.79 Å². The number of nitrogens with zero attached hydrogens (tertiary/aromatic N) is 8.